The first-order chi connectivity index (χ1) is 8.16. The van der Waals surface area contributed by atoms with Crippen LogP contribution in [0.4, 0.5) is 5.69 Å². The molecule has 0 atom stereocenters. The van der Waals surface area contributed by atoms with Crippen molar-refractivity contribution in [2.45, 2.75) is 39.5 Å². The summed E-state index contributed by atoms with van der Waals surface area (Å²) in [7, 11) is 0. The minimum atomic E-state index is 0.244. The van der Waals surface area contributed by atoms with E-state index in [4.69, 9.17) is 0 Å². The molecule has 0 amide bonds. The minimum absolute atomic E-state index is 0.244. The average Bonchev–Trinajstić information content (AvgIpc) is 2.29. The monoisotopic (exact) mass is 231 g/mol. The van der Waals surface area contributed by atoms with Crippen molar-refractivity contribution >= 4 is 11.5 Å². The Labute approximate surface area is 104 Å². The van der Waals surface area contributed by atoms with Gasteiger partial charge in [0.15, 0.2) is 0 Å². The second kappa shape index (κ2) is 5.35. The summed E-state index contributed by atoms with van der Waals surface area (Å²) in [5, 5.41) is 0. The summed E-state index contributed by atoms with van der Waals surface area (Å²) in [5.41, 5.74) is 3.70. The molecular formula is C15H21NO. The molecule has 0 saturated carbocycles. The Morgan fingerprint density at radius 1 is 1.24 bits per heavy atom. The largest absolute Gasteiger partial charge is 0.371 e. The first-order valence-electron chi connectivity index (χ1n) is 6.51. The van der Waals surface area contributed by atoms with Gasteiger partial charge in [-0.25, -0.2) is 0 Å². The van der Waals surface area contributed by atoms with Gasteiger partial charge in [0.2, 0.25) is 0 Å². The molecule has 1 heterocycles. The molecule has 1 aliphatic heterocycles. The normalized spacial score (nSPS) is 16.0. The fraction of sp³-hybridized carbons (Fsp3) is 0.533. The number of Topliss-reactive ketones (excluding diaryl/α,β-unsaturated/α-hetero) is 1. The van der Waals surface area contributed by atoms with E-state index in [-0.39, 0.29) is 5.78 Å². The molecule has 1 fully saturated rings. The molecule has 0 unspecified atom stereocenters. The van der Waals surface area contributed by atoms with Gasteiger partial charge < -0.3 is 4.90 Å². The molecule has 2 rings (SSSR count). The molecule has 17 heavy (non-hydrogen) atoms. The van der Waals surface area contributed by atoms with Crippen LogP contribution < -0.4 is 4.90 Å². The summed E-state index contributed by atoms with van der Waals surface area (Å²) >= 11 is 0. The number of anilines is 1. The molecule has 0 aliphatic carbocycles. The van der Waals surface area contributed by atoms with Crippen LogP contribution in [-0.4, -0.2) is 18.9 Å². The van der Waals surface area contributed by atoms with Crippen LogP contribution in [0, 0.1) is 6.92 Å². The Morgan fingerprint density at radius 3 is 2.59 bits per heavy atom. The van der Waals surface area contributed by atoms with Crippen molar-refractivity contribution in [3.63, 3.8) is 0 Å². The van der Waals surface area contributed by atoms with E-state index >= 15 is 0 Å². The first-order valence-corrected chi connectivity index (χ1v) is 6.51. The smallest absolute Gasteiger partial charge is 0.134 e. The van der Waals surface area contributed by atoms with E-state index in [1.165, 1.54) is 36.1 Å². The average molecular weight is 231 g/mol. The highest BCUT2D eigenvalue weighted by atomic mass is 16.1. The van der Waals surface area contributed by atoms with Gasteiger partial charge in [-0.05, 0) is 44.7 Å². The van der Waals surface area contributed by atoms with Gasteiger partial charge in [-0.15, -0.1) is 0 Å². The number of ketones is 1. The predicted molar refractivity (Wildman–Crippen MR) is 71.6 cm³/mol. The van der Waals surface area contributed by atoms with Crippen molar-refractivity contribution in [3.05, 3.63) is 29.3 Å². The lowest BCUT2D eigenvalue weighted by molar-refractivity contribution is -0.116. The molecule has 1 aromatic carbocycles. The lowest BCUT2D eigenvalue weighted by Crippen LogP contribution is -2.30. The van der Waals surface area contributed by atoms with Gasteiger partial charge in [0, 0.05) is 25.2 Å². The number of piperidine rings is 1. The van der Waals surface area contributed by atoms with Gasteiger partial charge in [-0.1, -0.05) is 17.7 Å². The minimum Gasteiger partial charge on any atom is -0.371 e. The van der Waals surface area contributed by atoms with Crippen molar-refractivity contribution in [1.82, 2.24) is 0 Å². The second-order valence-electron chi connectivity index (χ2n) is 5.06. The molecule has 2 nitrogen and oxygen atoms in total. The van der Waals surface area contributed by atoms with Gasteiger partial charge in [-0.2, -0.15) is 0 Å². The quantitative estimate of drug-likeness (QED) is 0.796. The zero-order valence-corrected chi connectivity index (χ0v) is 10.8. The first kappa shape index (κ1) is 12.2. The molecule has 1 aliphatic rings. The maximum absolute atomic E-state index is 11.3. The molecule has 0 bridgehead atoms. The van der Waals surface area contributed by atoms with Crippen molar-refractivity contribution in [2.75, 3.05) is 18.0 Å². The van der Waals surface area contributed by atoms with Gasteiger partial charge in [0.05, 0.1) is 0 Å². The number of hydrogen-bond acceptors (Lipinski definition) is 2. The summed E-state index contributed by atoms with van der Waals surface area (Å²) < 4.78 is 0. The van der Waals surface area contributed by atoms with Crippen molar-refractivity contribution in [3.8, 4) is 0 Å². The Hall–Kier alpha value is -1.31. The number of rotatable bonds is 3. The molecule has 0 spiro atoms. The molecule has 1 saturated heterocycles. The summed E-state index contributed by atoms with van der Waals surface area (Å²) in [5.74, 6) is 0.244. The van der Waals surface area contributed by atoms with Gasteiger partial charge >= 0.3 is 0 Å². The highest BCUT2D eigenvalue weighted by Crippen LogP contribution is 2.25. The molecule has 2 heteroatoms. The van der Waals surface area contributed by atoms with E-state index in [1.807, 2.05) is 0 Å². The maximum Gasteiger partial charge on any atom is 0.134 e. The summed E-state index contributed by atoms with van der Waals surface area (Å²) in [6.45, 7) is 6.02. The molecule has 0 radical (unpaired) electrons. The predicted octanol–water partition coefficient (Wildman–Crippen LogP) is 3.12. The SMILES string of the molecule is CC(=O)Cc1cc(C)ccc1N1CCCCC1. The van der Waals surface area contributed by atoms with Crippen LogP contribution in [0.1, 0.15) is 37.3 Å². The zero-order valence-electron chi connectivity index (χ0n) is 10.8. The Kier molecular flexibility index (Phi) is 3.82. The molecule has 0 N–H and O–H groups in total. The lowest BCUT2D eigenvalue weighted by Gasteiger charge is -2.30. The van der Waals surface area contributed by atoms with Crippen LogP contribution >= 0.6 is 0 Å². The van der Waals surface area contributed by atoms with Crippen LogP contribution in [0.3, 0.4) is 0 Å². The highest BCUT2D eigenvalue weighted by molar-refractivity contribution is 5.80. The topological polar surface area (TPSA) is 20.3 Å². The fourth-order valence-corrected chi connectivity index (χ4v) is 2.57. The highest BCUT2D eigenvalue weighted by Gasteiger charge is 2.15. The standard InChI is InChI=1S/C15H21NO/c1-12-6-7-15(14(10-12)11-13(2)17)16-8-4-3-5-9-16/h6-7,10H,3-5,8-9,11H2,1-2H3. The molecular weight excluding hydrogens is 210 g/mol. The van der Waals surface area contributed by atoms with Crippen molar-refractivity contribution in [2.24, 2.45) is 0 Å². The molecule has 0 aromatic heterocycles. The van der Waals surface area contributed by atoms with E-state index in [2.05, 4.69) is 30.0 Å². The third-order valence-corrected chi connectivity index (χ3v) is 3.37. The number of hydrogen-bond donors (Lipinski definition) is 0. The van der Waals surface area contributed by atoms with Crippen molar-refractivity contribution < 1.29 is 4.79 Å². The van der Waals surface area contributed by atoms with Crippen LogP contribution in [0.2, 0.25) is 0 Å². The fourth-order valence-electron chi connectivity index (χ4n) is 2.57. The van der Waals surface area contributed by atoms with Crippen molar-refractivity contribution in [1.29, 1.82) is 0 Å². The van der Waals surface area contributed by atoms with E-state index in [0.29, 0.717) is 6.42 Å². The number of aryl methyl sites for hydroxylation is 1. The van der Waals surface area contributed by atoms with Gasteiger partial charge in [-0.3, -0.25) is 4.79 Å². The van der Waals surface area contributed by atoms with Crippen LogP contribution in [-0.2, 0) is 11.2 Å². The Morgan fingerprint density at radius 2 is 1.94 bits per heavy atom. The summed E-state index contributed by atoms with van der Waals surface area (Å²) in [4.78, 5) is 13.8. The number of nitrogens with zero attached hydrogens (tertiary/aromatic N) is 1. The Bertz CT molecular complexity index is 405. The van der Waals surface area contributed by atoms with E-state index < -0.39 is 0 Å². The number of carbonyl (C=O) groups excluding carboxylic acids is 1. The Balaban J connectivity index is 2.27. The zero-order chi connectivity index (χ0) is 12.3. The van der Waals surface area contributed by atoms with Crippen LogP contribution in [0.5, 0.6) is 0 Å². The maximum atomic E-state index is 11.3. The van der Waals surface area contributed by atoms with Gasteiger partial charge in [0.25, 0.3) is 0 Å². The lowest BCUT2D eigenvalue weighted by atomic mass is 10.0. The van der Waals surface area contributed by atoms with E-state index in [9.17, 15) is 4.79 Å². The van der Waals surface area contributed by atoms with E-state index in [0.717, 1.165) is 13.1 Å². The summed E-state index contributed by atoms with van der Waals surface area (Å²) in [6.07, 6.45) is 4.44. The molecule has 92 valence electrons. The third kappa shape index (κ3) is 3.09. The van der Waals surface area contributed by atoms with Gasteiger partial charge in [0.1, 0.15) is 5.78 Å². The van der Waals surface area contributed by atoms with Crippen LogP contribution in [0.15, 0.2) is 18.2 Å². The van der Waals surface area contributed by atoms with Crippen LogP contribution in [0.25, 0.3) is 0 Å². The molecule has 1 aromatic rings. The number of benzene rings is 1. The number of carbonyl (C=O) groups is 1. The third-order valence-electron chi connectivity index (χ3n) is 3.37. The van der Waals surface area contributed by atoms with E-state index in [1.54, 1.807) is 6.92 Å². The second-order valence-corrected chi connectivity index (χ2v) is 5.06. The summed E-state index contributed by atoms with van der Waals surface area (Å²) in [6, 6.07) is 6.48.